The van der Waals surface area contributed by atoms with Gasteiger partial charge < -0.3 is 14.6 Å². The molecular formula is C22H29N3O5S. The van der Waals surface area contributed by atoms with Gasteiger partial charge in [0.25, 0.3) is 11.8 Å². The zero-order valence-corrected chi connectivity index (χ0v) is 18.9. The van der Waals surface area contributed by atoms with Crippen LogP contribution in [-0.2, 0) is 10.0 Å². The lowest BCUT2D eigenvalue weighted by Crippen LogP contribution is -2.46. The Morgan fingerprint density at radius 3 is 2.19 bits per heavy atom. The highest BCUT2D eigenvalue weighted by Gasteiger charge is 2.26. The van der Waals surface area contributed by atoms with Crippen LogP contribution in [0, 0.1) is 6.92 Å². The predicted octanol–water partition coefficient (Wildman–Crippen LogP) is 2.65. The van der Waals surface area contributed by atoms with Crippen molar-refractivity contribution in [3.05, 3.63) is 53.5 Å². The summed E-state index contributed by atoms with van der Waals surface area (Å²) >= 11 is 0. The van der Waals surface area contributed by atoms with Gasteiger partial charge in [0.2, 0.25) is 10.0 Å². The van der Waals surface area contributed by atoms with E-state index in [4.69, 9.17) is 4.42 Å². The number of nitrogens with zero attached hydrogens (tertiary/aromatic N) is 2. The van der Waals surface area contributed by atoms with Gasteiger partial charge >= 0.3 is 0 Å². The van der Waals surface area contributed by atoms with Gasteiger partial charge in [0.15, 0.2) is 5.76 Å². The molecule has 1 aliphatic rings. The predicted molar refractivity (Wildman–Crippen MR) is 116 cm³/mol. The van der Waals surface area contributed by atoms with Crippen molar-refractivity contribution < 1.29 is 22.4 Å². The number of likely N-dealkylation sites (tertiary alicyclic amines) is 1. The highest BCUT2D eigenvalue weighted by atomic mass is 32.2. The monoisotopic (exact) mass is 447 g/mol. The molecular weight excluding hydrogens is 418 g/mol. The zero-order valence-electron chi connectivity index (χ0n) is 18.1. The lowest BCUT2D eigenvalue weighted by atomic mass is 10.0. The van der Waals surface area contributed by atoms with E-state index in [-0.39, 0.29) is 28.5 Å². The molecule has 0 spiro atoms. The second-order valence-corrected chi connectivity index (χ2v) is 9.50. The molecule has 1 aromatic carbocycles. The van der Waals surface area contributed by atoms with Crippen LogP contribution in [0.4, 0.5) is 0 Å². The number of hydrogen-bond donors (Lipinski definition) is 1. The van der Waals surface area contributed by atoms with Gasteiger partial charge in [-0.05, 0) is 56.2 Å². The fourth-order valence-electron chi connectivity index (χ4n) is 3.70. The highest BCUT2D eigenvalue weighted by molar-refractivity contribution is 7.89. The smallest absolute Gasteiger partial charge is 0.287 e. The lowest BCUT2D eigenvalue weighted by molar-refractivity contribution is 0.0695. The van der Waals surface area contributed by atoms with Crippen molar-refractivity contribution >= 4 is 21.8 Å². The summed E-state index contributed by atoms with van der Waals surface area (Å²) in [6.07, 6.45) is 1.29. The van der Waals surface area contributed by atoms with Crippen molar-refractivity contribution in [3.63, 3.8) is 0 Å². The molecule has 1 saturated heterocycles. The van der Waals surface area contributed by atoms with E-state index >= 15 is 0 Å². The van der Waals surface area contributed by atoms with Gasteiger partial charge in [-0.25, -0.2) is 8.42 Å². The van der Waals surface area contributed by atoms with Gasteiger partial charge in [0, 0.05) is 37.8 Å². The molecule has 1 aromatic heterocycles. The van der Waals surface area contributed by atoms with E-state index in [0.29, 0.717) is 50.3 Å². The van der Waals surface area contributed by atoms with Crippen molar-refractivity contribution in [1.29, 1.82) is 0 Å². The number of rotatable bonds is 7. The molecule has 0 atom stereocenters. The molecule has 2 aromatic rings. The Hall–Kier alpha value is -2.65. The summed E-state index contributed by atoms with van der Waals surface area (Å²) in [6.45, 7) is 7.18. The number of aryl methyl sites for hydroxylation is 1. The van der Waals surface area contributed by atoms with Crippen molar-refractivity contribution in [2.75, 3.05) is 26.2 Å². The molecule has 0 radical (unpaired) electrons. The number of carbonyl (C=O) groups excluding carboxylic acids is 2. The van der Waals surface area contributed by atoms with Crippen LogP contribution in [0.15, 0.2) is 45.7 Å². The molecule has 3 rings (SSSR count). The lowest BCUT2D eigenvalue weighted by Gasteiger charge is -2.32. The average molecular weight is 448 g/mol. The van der Waals surface area contributed by atoms with E-state index in [1.54, 1.807) is 49.9 Å². The van der Waals surface area contributed by atoms with Crippen molar-refractivity contribution in [2.45, 2.75) is 44.6 Å². The third-order valence-corrected chi connectivity index (χ3v) is 7.59. The first-order chi connectivity index (χ1) is 14.8. The molecule has 0 bridgehead atoms. The van der Waals surface area contributed by atoms with Crippen LogP contribution in [0.5, 0.6) is 0 Å². The van der Waals surface area contributed by atoms with Gasteiger partial charge in [-0.3, -0.25) is 9.59 Å². The summed E-state index contributed by atoms with van der Waals surface area (Å²) in [6, 6.07) is 9.46. The van der Waals surface area contributed by atoms with Crippen LogP contribution in [0.25, 0.3) is 0 Å². The van der Waals surface area contributed by atoms with Crippen molar-refractivity contribution in [2.24, 2.45) is 0 Å². The van der Waals surface area contributed by atoms with Crippen LogP contribution in [-0.4, -0.2) is 61.7 Å². The first-order valence-corrected chi connectivity index (χ1v) is 12.0. The summed E-state index contributed by atoms with van der Waals surface area (Å²) in [5, 5.41) is 2.95. The molecule has 0 aliphatic carbocycles. The molecule has 1 N–H and O–H groups in total. The van der Waals surface area contributed by atoms with Crippen molar-refractivity contribution in [3.8, 4) is 0 Å². The number of piperidine rings is 1. The van der Waals surface area contributed by atoms with E-state index in [0.717, 1.165) is 0 Å². The summed E-state index contributed by atoms with van der Waals surface area (Å²) < 4.78 is 31.9. The van der Waals surface area contributed by atoms with Crippen LogP contribution < -0.4 is 5.32 Å². The quantitative estimate of drug-likeness (QED) is 0.703. The van der Waals surface area contributed by atoms with Crippen LogP contribution in [0.3, 0.4) is 0 Å². The van der Waals surface area contributed by atoms with Crippen LogP contribution in [0.1, 0.15) is 53.4 Å². The molecule has 31 heavy (non-hydrogen) atoms. The van der Waals surface area contributed by atoms with Gasteiger partial charge in [-0.1, -0.05) is 13.8 Å². The Labute approximate surface area is 183 Å². The maximum absolute atomic E-state index is 12.8. The average Bonchev–Trinajstić information content (AvgIpc) is 3.21. The number of nitrogens with one attached hydrogen (secondary N) is 1. The Balaban J connectivity index is 1.57. The van der Waals surface area contributed by atoms with Crippen molar-refractivity contribution in [1.82, 2.24) is 14.5 Å². The third kappa shape index (κ3) is 5.16. The largest absolute Gasteiger partial charge is 0.456 e. The topological polar surface area (TPSA) is 99.9 Å². The number of carbonyl (C=O) groups is 2. The zero-order chi connectivity index (χ0) is 22.6. The third-order valence-electron chi connectivity index (χ3n) is 5.53. The Morgan fingerprint density at radius 1 is 1.06 bits per heavy atom. The van der Waals surface area contributed by atoms with E-state index in [1.165, 1.54) is 16.4 Å². The maximum atomic E-state index is 12.8. The summed E-state index contributed by atoms with van der Waals surface area (Å²) in [4.78, 5) is 27.0. The Bertz CT molecular complexity index is 1020. The molecule has 1 fully saturated rings. The minimum absolute atomic E-state index is 0.0245. The van der Waals surface area contributed by atoms with E-state index in [2.05, 4.69) is 5.32 Å². The van der Waals surface area contributed by atoms with Gasteiger partial charge in [-0.2, -0.15) is 4.31 Å². The van der Waals surface area contributed by atoms with Crippen LogP contribution >= 0.6 is 0 Å². The van der Waals surface area contributed by atoms with Gasteiger partial charge in [-0.15, -0.1) is 0 Å². The number of hydrogen-bond acceptors (Lipinski definition) is 5. The number of sulfonamides is 1. The summed E-state index contributed by atoms with van der Waals surface area (Å²) in [5.41, 5.74) is 0.451. The number of furan rings is 1. The second kappa shape index (κ2) is 9.65. The maximum Gasteiger partial charge on any atom is 0.287 e. The molecule has 2 amide bonds. The molecule has 1 aliphatic heterocycles. The second-order valence-electron chi connectivity index (χ2n) is 7.56. The fourth-order valence-corrected chi connectivity index (χ4v) is 5.16. The first-order valence-electron chi connectivity index (χ1n) is 10.5. The van der Waals surface area contributed by atoms with E-state index in [9.17, 15) is 18.0 Å². The minimum Gasteiger partial charge on any atom is -0.456 e. The number of benzene rings is 1. The summed E-state index contributed by atoms with van der Waals surface area (Å²) in [5.74, 6) is 0.582. The van der Waals surface area contributed by atoms with Gasteiger partial charge in [0.05, 0.1) is 4.90 Å². The SMILES string of the molecule is CCN(CC)S(=O)(=O)c1ccc(C(=O)N2CCC(NC(=O)c3ccc(C)o3)CC2)cc1. The molecule has 168 valence electrons. The Kier molecular flexibility index (Phi) is 7.17. The molecule has 0 unspecified atom stereocenters. The minimum atomic E-state index is -3.55. The van der Waals surface area contributed by atoms with Crippen LogP contribution in [0.2, 0.25) is 0 Å². The number of amides is 2. The molecule has 9 heteroatoms. The van der Waals surface area contributed by atoms with E-state index < -0.39 is 10.0 Å². The normalized spacial score (nSPS) is 15.3. The standard InChI is InChI=1S/C22H29N3O5S/c1-4-25(5-2)31(28,29)19-9-7-17(8-10-19)22(27)24-14-12-18(13-15-24)23-21(26)20-11-6-16(3)30-20/h6-11,18H,4-5,12-15H2,1-3H3,(H,23,26). The highest BCUT2D eigenvalue weighted by Crippen LogP contribution is 2.19. The molecule has 2 heterocycles. The molecule has 8 nitrogen and oxygen atoms in total. The summed E-state index contributed by atoms with van der Waals surface area (Å²) in [7, 11) is -3.55. The first kappa shape index (κ1) is 23.0. The molecule has 0 saturated carbocycles. The fraction of sp³-hybridized carbons (Fsp3) is 0.455. The Morgan fingerprint density at radius 2 is 1.68 bits per heavy atom. The van der Waals surface area contributed by atoms with Gasteiger partial charge in [0.1, 0.15) is 5.76 Å². The van der Waals surface area contributed by atoms with E-state index in [1.807, 2.05) is 0 Å².